The van der Waals surface area contributed by atoms with Gasteiger partial charge in [-0.05, 0) is 78.7 Å². The highest BCUT2D eigenvalue weighted by Gasteiger charge is 2.50. The monoisotopic (exact) mass is 651 g/mol. The minimum atomic E-state index is -2.83. The van der Waals surface area contributed by atoms with Crippen LogP contribution in [0.2, 0.25) is 0 Å². The van der Waals surface area contributed by atoms with Crippen molar-refractivity contribution in [3.8, 4) is 0 Å². The maximum atomic E-state index is 14.1. The smallest absolute Gasteiger partial charge is 0.313 e. The number of hydrogen-bond donors (Lipinski definition) is 0. The maximum Gasteiger partial charge on any atom is 0.313 e. The van der Waals surface area contributed by atoms with Gasteiger partial charge < -0.3 is 4.74 Å². The molecule has 0 saturated heterocycles. The van der Waals surface area contributed by atoms with E-state index in [0.717, 1.165) is 15.9 Å². The summed E-state index contributed by atoms with van der Waals surface area (Å²) in [5, 5.41) is 8.04. The van der Waals surface area contributed by atoms with Crippen LogP contribution in [0.5, 0.6) is 0 Å². The Bertz CT molecular complexity index is 1850. The third-order valence-corrected chi connectivity index (χ3v) is 16.9. The predicted octanol–water partition coefficient (Wildman–Crippen LogP) is 5.92. The molecule has 0 unspecified atom stereocenters. The lowest BCUT2D eigenvalue weighted by molar-refractivity contribution is -0.144. The Hall–Kier alpha value is -4.81. The van der Waals surface area contributed by atoms with Gasteiger partial charge in [-0.2, -0.15) is 0 Å². The normalized spacial score (nSPS) is 11.4. The topological polar surface area (TPSA) is 43.4 Å². The van der Waals surface area contributed by atoms with Gasteiger partial charge in [-0.15, -0.1) is 0 Å². The number of rotatable bonds is 11. The standard InChI is InChI=1S/C42H37O3P2/c1-2-45-42(44)32-34(43)33-46(35-20-8-3-9-21-35,36-22-10-4-11-23-36)40-30-18-19-31-41(40)47(37-24-12-5-13-25-37,38-26-14-6-15-27-38)39-28-16-7-17-29-39/h3-31,33H,2,32H2,1H3/q+1. The average molecular weight is 652 g/mol. The van der Waals surface area contributed by atoms with Gasteiger partial charge in [-0.3, -0.25) is 9.59 Å². The zero-order chi connectivity index (χ0) is 32.5. The predicted molar refractivity (Wildman–Crippen MR) is 202 cm³/mol. The summed E-state index contributed by atoms with van der Waals surface area (Å²) in [6.45, 7) is -0.850. The molecule has 232 valence electrons. The molecule has 0 amide bonds. The first kappa shape index (κ1) is 32.1. The van der Waals surface area contributed by atoms with Gasteiger partial charge >= 0.3 is 5.97 Å². The number of ketones is 1. The summed E-state index contributed by atoms with van der Waals surface area (Å²) < 4.78 is 5.23. The highest BCUT2D eigenvalue weighted by Crippen LogP contribution is 2.56. The second-order valence-corrected chi connectivity index (χ2v) is 17.7. The van der Waals surface area contributed by atoms with Gasteiger partial charge in [-0.25, -0.2) is 0 Å². The lowest BCUT2D eigenvalue weighted by Crippen LogP contribution is -2.46. The Labute approximate surface area is 278 Å². The lowest BCUT2D eigenvalue weighted by atomic mass is 10.3. The van der Waals surface area contributed by atoms with E-state index in [2.05, 4.69) is 140 Å². The van der Waals surface area contributed by atoms with Crippen molar-refractivity contribution in [3.63, 3.8) is 0 Å². The van der Waals surface area contributed by atoms with Gasteiger partial charge in [0, 0.05) is 5.30 Å². The Morgan fingerprint density at radius 3 is 1.36 bits per heavy atom. The Morgan fingerprint density at radius 1 is 0.553 bits per heavy atom. The fraction of sp³-hybridized carbons (Fsp3) is 0.0714. The molecule has 0 aromatic heterocycles. The molecule has 0 aliphatic rings. The Balaban J connectivity index is 1.81. The van der Waals surface area contributed by atoms with Crippen LogP contribution in [0, 0.1) is 0 Å². The largest absolute Gasteiger partial charge is 0.466 e. The van der Waals surface area contributed by atoms with Gasteiger partial charge in [-0.1, -0.05) is 127 Å². The summed E-state index contributed by atoms with van der Waals surface area (Å²) in [5.74, 6) is 1.10. The van der Waals surface area contributed by atoms with Gasteiger partial charge in [0.15, 0.2) is 5.78 Å². The number of benzene rings is 6. The number of Topliss-reactive ketones (excluding diaryl/α,β-unsaturated/α-hetero) is 1. The molecule has 0 heterocycles. The zero-order valence-electron chi connectivity index (χ0n) is 26.4. The van der Waals surface area contributed by atoms with Crippen LogP contribution < -0.4 is 37.1 Å². The molecule has 3 nitrogen and oxygen atoms in total. The number of esters is 1. The molecule has 0 saturated carbocycles. The first-order chi connectivity index (χ1) is 23.1. The molecular weight excluding hydrogens is 614 g/mol. The third kappa shape index (κ3) is 6.30. The number of hydrogen-bond acceptors (Lipinski definition) is 3. The van der Waals surface area contributed by atoms with E-state index < -0.39 is 20.1 Å². The van der Waals surface area contributed by atoms with Crippen LogP contribution in [0.25, 0.3) is 0 Å². The van der Waals surface area contributed by atoms with Crippen LogP contribution in [0.15, 0.2) is 176 Å². The van der Waals surface area contributed by atoms with E-state index in [4.69, 9.17) is 4.74 Å². The van der Waals surface area contributed by atoms with E-state index in [1.165, 1.54) is 21.2 Å². The molecule has 0 aliphatic carbocycles. The van der Waals surface area contributed by atoms with Crippen molar-refractivity contribution in [2.24, 2.45) is 0 Å². The molecule has 0 spiro atoms. The van der Waals surface area contributed by atoms with Gasteiger partial charge in [0.25, 0.3) is 0 Å². The molecule has 6 aromatic rings. The summed E-state index contributed by atoms with van der Waals surface area (Å²) in [4.78, 5) is 26.8. The summed E-state index contributed by atoms with van der Waals surface area (Å²) in [6, 6.07) is 61.6. The van der Waals surface area contributed by atoms with Crippen molar-refractivity contribution >= 4 is 68.8 Å². The van der Waals surface area contributed by atoms with E-state index in [0.29, 0.717) is 0 Å². The van der Waals surface area contributed by atoms with Crippen molar-refractivity contribution in [2.75, 3.05) is 6.61 Å². The molecule has 5 heteroatoms. The summed E-state index contributed by atoms with van der Waals surface area (Å²) in [6.07, 6.45) is -0.312. The fourth-order valence-electron chi connectivity index (χ4n) is 6.45. The SMILES string of the molecule is CCOC(=O)CC(=O)C=P(c1ccccc1)(c1ccccc1)c1ccccc1[P+](c1ccccc1)(c1ccccc1)c1ccccc1. The summed E-state index contributed by atoms with van der Waals surface area (Å²) >= 11 is 0. The van der Waals surface area contributed by atoms with Crippen molar-refractivity contribution < 1.29 is 14.3 Å². The highest BCUT2D eigenvalue weighted by molar-refractivity contribution is 8.04. The van der Waals surface area contributed by atoms with E-state index in [1.54, 1.807) is 6.92 Å². The Kier molecular flexibility index (Phi) is 10.1. The number of ether oxygens (including phenoxy) is 1. The quantitative estimate of drug-likeness (QED) is 0.0993. The van der Waals surface area contributed by atoms with E-state index in [9.17, 15) is 9.59 Å². The molecule has 47 heavy (non-hydrogen) atoms. The van der Waals surface area contributed by atoms with Crippen LogP contribution in [0.4, 0.5) is 0 Å². The first-order valence-corrected chi connectivity index (χ1v) is 19.5. The molecular formula is C42H37O3P2+. The van der Waals surface area contributed by atoms with E-state index in [-0.39, 0.29) is 18.8 Å². The van der Waals surface area contributed by atoms with Crippen LogP contribution in [-0.4, -0.2) is 24.2 Å². The van der Waals surface area contributed by atoms with Gasteiger partial charge in [0.05, 0.1) is 6.61 Å². The molecule has 0 atom stereocenters. The lowest BCUT2D eigenvalue weighted by Gasteiger charge is -2.34. The molecule has 0 radical (unpaired) electrons. The maximum absolute atomic E-state index is 14.1. The van der Waals surface area contributed by atoms with Crippen molar-refractivity contribution in [3.05, 3.63) is 176 Å². The van der Waals surface area contributed by atoms with Crippen LogP contribution in [0.1, 0.15) is 13.3 Å². The van der Waals surface area contributed by atoms with Crippen molar-refractivity contribution in [1.29, 1.82) is 0 Å². The van der Waals surface area contributed by atoms with Crippen LogP contribution >= 0.6 is 14.1 Å². The minimum absolute atomic E-state index is 0.227. The highest BCUT2D eigenvalue weighted by atomic mass is 31.2. The summed E-state index contributed by atoms with van der Waals surface area (Å²) in [5.41, 5.74) is 0. The third-order valence-electron chi connectivity index (χ3n) is 8.34. The van der Waals surface area contributed by atoms with E-state index >= 15 is 0 Å². The van der Waals surface area contributed by atoms with Crippen molar-refractivity contribution in [2.45, 2.75) is 13.3 Å². The average Bonchev–Trinajstić information content (AvgIpc) is 3.13. The Morgan fingerprint density at radius 2 is 0.936 bits per heavy atom. The molecule has 6 aromatic carbocycles. The minimum Gasteiger partial charge on any atom is -0.466 e. The van der Waals surface area contributed by atoms with Gasteiger partial charge in [0.2, 0.25) is 0 Å². The molecule has 0 N–H and O–H groups in total. The van der Waals surface area contributed by atoms with Gasteiger partial charge in [0.1, 0.15) is 34.9 Å². The van der Waals surface area contributed by atoms with E-state index in [1.807, 2.05) is 42.2 Å². The number of carbonyl (C=O) groups excluding carboxylic acids is 2. The molecule has 0 aliphatic heterocycles. The number of carbonyl (C=O) groups is 2. The zero-order valence-corrected chi connectivity index (χ0v) is 28.1. The van der Waals surface area contributed by atoms with Crippen molar-refractivity contribution in [1.82, 2.24) is 0 Å². The molecule has 0 fully saturated rings. The summed E-state index contributed by atoms with van der Waals surface area (Å²) in [7, 11) is -2.56. The molecule has 6 rings (SSSR count). The second kappa shape index (κ2) is 14.7. The first-order valence-electron chi connectivity index (χ1n) is 15.8. The fourth-order valence-corrected chi connectivity index (χ4v) is 15.5. The van der Waals surface area contributed by atoms with Crippen LogP contribution in [0.3, 0.4) is 0 Å². The second-order valence-electron chi connectivity index (χ2n) is 11.1. The van der Waals surface area contributed by atoms with Crippen LogP contribution in [-0.2, 0) is 14.3 Å². The molecule has 0 bridgehead atoms.